The zero-order valence-electron chi connectivity index (χ0n) is 10.6. The molecule has 2 N–H and O–H groups in total. The molecule has 0 fully saturated rings. The van der Waals surface area contributed by atoms with Crippen molar-refractivity contribution in [1.82, 2.24) is 0 Å². The fourth-order valence-corrected chi connectivity index (χ4v) is 1.65. The molecule has 0 atom stereocenters. The Bertz CT molecular complexity index is 545. The number of ether oxygens (including phenoxy) is 2. The van der Waals surface area contributed by atoms with Crippen molar-refractivity contribution < 1.29 is 14.3 Å². The second-order valence-electron chi connectivity index (χ2n) is 4.03. The summed E-state index contributed by atoms with van der Waals surface area (Å²) < 4.78 is 10.1. The summed E-state index contributed by atoms with van der Waals surface area (Å²) in [5.74, 6) is 1.30. The Labute approximate surface area is 111 Å². The standard InChI is InChI=1S/C8H9NO2.C7H6O/c1-11-7-4-2-6(3-5-7)8(9)10;1-2-6-4-7(3-1)8-5-6/h2-5H,1H3,(H2,9,10);1-4H,5H2. The van der Waals surface area contributed by atoms with Gasteiger partial charge in [0.1, 0.15) is 18.1 Å². The molecule has 98 valence electrons. The Morgan fingerprint density at radius 2 is 1.95 bits per heavy atom. The first-order chi connectivity index (χ1) is 9.19. The number of primary amides is 1. The van der Waals surface area contributed by atoms with Crippen molar-refractivity contribution in [3.05, 3.63) is 59.7 Å². The van der Waals surface area contributed by atoms with Gasteiger partial charge in [0.25, 0.3) is 0 Å². The highest BCUT2D eigenvalue weighted by molar-refractivity contribution is 5.92. The summed E-state index contributed by atoms with van der Waals surface area (Å²) in [6, 6.07) is 14.7. The monoisotopic (exact) mass is 257 g/mol. The van der Waals surface area contributed by atoms with Gasteiger partial charge in [0.05, 0.1) is 7.11 Å². The van der Waals surface area contributed by atoms with Gasteiger partial charge < -0.3 is 15.2 Å². The highest BCUT2D eigenvalue weighted by Crippen LogP contribution is 2.20. The van der Waals surface area contributed by atoms with Gasteiger partial charge in [0.2, 0.25) is 5.91 Å². The first kappa shape index (κ1) is 13.0. The maximum absolute atomic E-state index is 10.6. The second-order valence-corrected chi connectivity index (χ2v) is 4.03. The molecule has 1 aliphatic rings. The molecule has 0 saturated carbocycles. The maximum atomic E-state index is 10.6. The number of hydrogen-bond donors (Lipinski definition) is 1. The maximum Gasteiger partial charge on any atom is 0.248 e. The normalized spacial score (nSPS) is 11.0. The van der Waals surface area contributed by atoms with Crippen LogP contribution in [0.15, 0.2) is 48.5 Å². The lowest BCUT2D eigenvalue weighted by atomic mass is 10.2. The molecule has 2 bridgehead atoms. The lowest BCUT2D eigenvalue weighted by Gasteiger charge is -1.98. The lowest BCUT2D eigenvalue weighted by molar-refractivity contribution is 0.100. The van der Waals surface area contributed by atoms with Crippen molar-refractivity contribution in [3.63, 3.8) is 0 Å². The van der Waals surface area contributed by atoms with Crippen LogP contribution < -0.4 is 15.2 Å². The molecular weight excluding hydrogens is 242 g/mol. The zero-order valence-corrected chi connectivity index (χ0v) is 10.6. The van der Waals surface area contributed by atoms with Crippen LogP contribution in [0, 0.1) is 0 Å². The predicted molar refractivity (Wildman–Crippen MR) is 72.3 cm³/mol. The summed E-state index contributed by atoms with van der Waals surface area (Å²) in [4.78, 5) is 10.6. The molecule has 0 aromatic heterocycles. The topological polar surface area (TPSA) is 61.5 Å². The van der Waals surface area contributed by atoms with E-state index in [9.17, 15) is 4.79 Å². The molecule has 4 heteroatoms. The highest BCUT2D eigenvalue weighted by atomic mass is 16.5. The van der Waals surface area contributed by atoms with Crippen LogP contribution in [-0.4, -0.2) is 13.0 Å². The Morgan fingerprint density at radius 1 is 1.21 bits per heavy atom. The van der Waals surface area contributed by atoms with Gasteiger partial charge in [-0.3, -0.25) is 4.79 Å². The third-order valence-corrected chi connectivity index (χ3v) is 2.68. The van der Waals surface area contributed by atoms with E-state index >= 15 is 0 Å². The number of hydrogen-bond acceptors (Lipinski definition) is 3. The molecule has 0 aliphatic carbocycles. The Hall–Kier alpha value is -2.49. The molecule has 2 aromatic carbocycles. The van der Waals surface area contributed by atoms with E-state index in [-0.39, 0.29) is 0 Å². The molecule has 0 saturated heterocycles. The minimum absolute atomic E-state index is 0.423. The average Bonchev–Trinajstić information content (AvgIpc) is 2.78. The van der Waals surface area contributed by atoms with E-state index in [2.05, 4.69) is 12.1 Å². The number of rotatable bonds is 2. The average molecular weight is 257 g/mol. The number of carbonyl (C=O) groups excluding carboxylic acids is 1. The molecule has 1 amide bonds. The van der Waals surface area contributed by atoms with Crippen molar-refractivity contribution in [3.8, 4) is 11.5 Å². The molecule has 0 radical (unpaired) electrons. The van der Waals surface area contributed by atoms with Gasteiger partial charge in [-0.1, -0.05) is 12.1 Å². The van der Waals surface area contributed by atoms with Gasteiger partial charge in [0, 0.05) is 5.56 Å². The molecule has 4 nitrogen and oxygen atoms in total. The van der Waals surface area contributed by atoms with Crippen LogP contribution in [0.3, 0.4) is 0 Å². The van der Waals surface area contributed by atoms with Crippen molar-refractivity contribution in [2.24, 2.45) is 5.73 Å². The molecule has 1 aliphatic heterocycles. The highest BCUT2D eigenvalue weighted by Gasteiger charge is 2.03. The first-order valence-electron chi connectivity index (χ1n) is 5.84. The van der Waals surface area contributed by atoms with E-state index in [4.69, 9.17) is 15.2 Å². The SMILES string of the molecule is COc1ccc(C(N)=O)cc1.c1cc2cc(c1)OC2. The molecule has 1 heterocycles. The van der Waals surface area contributed by atoms with E-state index in [0.717, 1.165) is 18.1 Å². The predicted octanol–water partition coefficient (Wildman–Crippen LogP) is 2.37. The molecule has 19 heavy (non-hydrogen) atoms. The molecule has 3 rings (SSSR count). The van der Waals surface area contributed by atoms with Gasteiger partial charge >= 0.3 is 0 Å². The van der Waals surface area contributed by atoms with Crippen LogP contribution in [0.5, 0.6) is 11.5 Å². The molecule has 0 spiro atoms. The number of nitrogens with two attached hydrogens (primary N) is 1. The number of amides is 1. The third kappa shape index (κ3) is 3.48. The van der Waals surface area contributed by atoms with Crippen LogP contribution in [0.1, 0.15) is 15.9 Å². The zero-order chi connectivity index (χ0) is 13.7. The van der Waals surface area contributed by atoms with E-state index in [1.807, 2.05) is 12.1 Å². The van der Waals surface area contributed by atoms with Gasteiger partial charge in [-0.05, 0) is 42.0 Å². The first-order valence-corrected chi connectivity index (χ1v) is 5.84. The van der Waals surface area contributed by atoms with Crippen LogP contribution in [0.2, 0.25) is 0 Å². The third-order valence-electron chi connectivity index (χ3n) is 2.68. The minimum atomic E-state index is -0.423. The van der Waals surface area contributed by atoms with E-state index in [1.54, 1.807) is 31.4 Å². The van der Waals surface area contributed by atoms with Crippen LogP contribution in [0.25, 0.3) is 0 Å². The molecular formula is C15H15NO3. The van der Waals surface area contributed by atoms with Gasteiger partial charge in [-0.15, -0.1) is 0 Å². The Morgan fingerprint density at radius 3 is 2.47 bits per heavy atom. The quantitative estimate of drug-likeness (QED) is 0.898. The summed E-state index contributed by atoms with van der Waals surface area (Å²) >= 11 is 0. The van der Waals surface area contributed by atoms with Crippen molar-refractivity contribution in [2.75, 3.05) is 7.11 Å². The lowest BCUT2D eigenvalue weighted by Crippen LogP contribution is -2.10. The Kier molecular flexibility index (Phi) is 4.03. The smallest absolute Gasteiger partial charge is 0.248 e. The summed E-state index contributed by atoms with van der Waals surface area (Å²) in [5, 5.41) is 0. The van der Waals surface area contributed by atoms with Gasteiger partial charge in [0.15, 0.2) is 0 Å². The largest absolute Gasteiger partial charge is 0.497 e. The molecule has 0 unspecified atom stereocenters. The second kappa shape index (κ2) is 5.91. The summed E-state index contributed by atoms with van der Waals surface area (Å²) in [5.41, 5.74) is 6.80. The Balaban J connectivity index is 0.000000146. The fourth-order valence-electron chi connectivity index (χ4n) is 1.65. The van der Waals surface area contributed by atoms with Gasteiger partial charge in [-0.2, -0.15) is 0 Å². The summed E-state index contributed by atoms with van der Waals surface area (Å²) in [6.07, 6.45) is 0. The van der Waals surface area contributed by atoms with Crippen LogP contribution in [0.4, 0.5) is 0 Å². The van der Waals surface area contributed by atoms with Crippen molar-refractivity contribution in [2.45, 2.75) is 6.61 Å². The number of carbonyl (C=O) groups is 1. The van der Waals surface area contributed by atoms with E-state index in [1.165, 1.54) is 5.56 Å². The van der Waals surface area contributed by atoms with E-state index < -0.39 is 5.91 Å². The number of fused-ring (bicyclic) bond motifs is 2. The van der Waals surface area contributed by atoms with Crippen molar-refractivity contribution >= 4 is 5.91 Å². The summed E-state index contributed by atoms with van der Waals surface area (Å²) in [6.45, 7) is 0.766. The summed E-state index contributed by atoms with van der Waals surface area (Å²) in [7, 11) is 1.57. The van der Waals surface area contributed by atoms with Crippen LogP contribution in [-0.2, 0) is 6.61 Å². The van der Waals surface area contributed by atoms with Crippen LogP contribution >= 0.6 is 0 Å². The minimum Gasteiger partial charge on any atom is -0.497 e. The van der Waals surface area contributed by atoms with Gasteiger partial charge in [-0.25, -0.2) is 0 Å². The van der Waals surface area contributed by atoms with E-state index in [0.29, 0.717) is 5.56 Å². The van der Waals surface area contributed by atoms with Crippen molar-refractivity contribution in [1.29, 1.82) is 0 Å². The number of methoxy groups -OCH3 is 1. The number of benzene rings is 2. The molecule has 2 aromatic rings. The fraction of sp³-hybridized carbons (Fsp3) is 0.133.